The Balaban J connectivity index is 1.79. The summed E-state index contributed by atoms with van der Waals surface area (Å²) in [4.78, 5) is 2.40. The van der Waals surface area contributed by atoms with Crippen LogP contribution in [-0.4, -0.2) is 28.2 Å². The van der Waals surface area contributed by atoms with Crippen LogP contribution in [0.4, 0.5) is 0 Å². The first-order chi connectivity index (χ1) is 9.74. The monoisotopic (exact) mass is 291 g/mol. The number of rotatable bonds is 3. The van der Waals surface area contributed by atoms with Gasteiger partial charge in [0.25, 0.3) is 0 Å². The Hall–Kier alpha value is -1.39. The quantitative estimate of drug-likeness (QED) is 0.859. The van der Waals surface area contributed by atoms with Crippen molar-refractivity contribution in [3.8, 4) is 11.5 Å². The van der Waals surface area contributed by atoms with Gasteiger partial charge in [-0.3, -0.25) is 4.90 Å². The lowest BCUT2D eigenvalue weighted by atomic mass is 10.1. The minimum absolute atomic E-state index is 0.177. The van der Waals surface area contributed by atoms with Gasteiger partial charge in [-0.05, 0) is 51.1 Å². The molecule has 20 heavy (non-hydrogen) atoms. The lowest BCUT2D eigenvalue weighted by molar-refractivity contribution is 0.153. The van der Waals surface area contributed by atoms with Crippen LogP contribution in [0.3, 0.4) is 0 Å². The highest BCUT2D eigenvalue weighted by molar-refractivity contribution is 6.30. The van der Waals surface area contributed by atoms with Gasteiger partial charge in [0, 0.05) is 10.6 Å². The van der Waals surface area contributed by atoms with Gasteiger partial charge in [-0.2, -0.15) is 0 Å². The minimum atomic E-state index is 0.177. The fraction of sp³-hybridized carbons (Fsp3) is 0.467. The summed E-state index contributed by atoms with van der Waals surface area (Å²) in [6.07, 6.45) is 3.82. The topological polar surface area (TPSA) is 42.2 Å². The van der Waals surface area contributed by atoms with Crippen LogP contribution in [0, 0.1) is 0 Å². The molecule has 1 atom stereocenters. The average molecular weight is 292 g/mol. The second kappa shape index (κ2) is 5.94. The van der Waals surface area contributed by atoms with Crippen molar-refractivity contribution in [1.82, 2.24) is 15.1 Å². The third-order valence-electron chi connectivity index (χ3n) is 3.81. The Kier molecular flexibility index (Phi) is 4.03. The number of nitrogens with zero attached hydrogens (tertiary/aromatic N) is 3. The maximum Gasteiger partial charge on any atom is 0.247 e. The molecule has 0 N–H and O–H groups in total. The Labute approximate surface area is 123 Å². The highest BCUT2D eigenvalue weighted by Crippen LogP contribution is 2.27. The van der Waals surface area contributed by atoms with E-state index in [2.05, 4.69) is 22.0 Å². The number of benzene rings is 1. The van der Waals surface area contributed by atoms with Crippen LogP contribution < -0.4 is 0 Å². The second-order valence-electron chi connectivity index (χ2n) is 5.23. The van der Waals surface area contributed by atoms with E-state index < -0.39 is 0 Å². The molecule has 5 heteroatoms. The van der Waals surface area contributed by atoms with Gasteiger partial charge in [-0.1, -0.05) is 24.1 Å². The maximum atomic E-state index is 5.99. The first-order valence-electron chi connectivity index (χ1n) is 7.07. The molecule has 0 aliphatic carbocycles. The van der Waals surface area contributed by atoms with Crippen LogP contribution in [0.2, 0.25) is 5.02 Å². The van der Waals surface area contributed by atoms with Crippen molar-refractivity contribution in [1.29, 1.82) is 0 Å². The van der Waals surface area contributed by atoms with E-state index in [1.165, 1.54) is 19.3 Å². The summed E-state index contributed by atoms with van der Waals surface area (Å²) in [7, 11) is 0. The van der Waals surface area contributed by atoms with Gasteiger partial charge in [0.2, 0.25) is 11.8 Å². The van der Waals surface area contributed by atoms with Gasteiger partial charge in [-0.25, -0.2) is 0 Å². The van der Waals surface area contributed by atoms with Crippen LogP contribution in [0.15, 0.2) is 28.7 Å². The van der Waals surface area contributed by atoms with Crippen LogP contribution in [0.5, 0.6) is 0 Å². The zero-order valence-corrected chi connectivity index (χ0v) is 12.3. The molecule has 0 unspecified atom stereocenters. The predicted molar refractivity (Wildman–Crippen MR) is 78.6 cm³/mol. The maximum absolute atomic E-state index is 5.99. The molecule has 1 saturated heterocycles. The van der Waals surface area contributed by atoms with Gasteiger partial charge in [0.1, 0.15) is 0 Å². The van der Waals surface area contributed by atoms with E-state index in [0.29, 0.717) is 16.8 Å². The molecule has 0 spiro atoms. The zero-order valence-electron chi connectivity index (χ0n) is 11.6. The number of aromatic nitrogens is 2. The van der Waals surface area contributed by atoms with Crippen molar-refractivity contribution >= 4 is 11.6 Å². The second-order valence-corrected chi connectivity index (χ2v) is 5.66. The predicted octanol–water partition coefficient (Wildman–Crippen LogP) is 3.94. The van der Waals surface area contributed by atoms with Crippen molar-refractivity contribution in [3.63, 3.8) is 0 Å². The normalized spacial score (nSPS) is 18.1. The summed E-state index contributed by atoms with van der Waals surface area (Å²) in [5, 5.41) is 9.01. The molecule has 4 nitrogen and oxygen atoms in total. The van der Waals surface area contributed by atoms with Crippen LogP contribution in [0.25, 0.3) is 11.5 Å². The molecular weight excluding hydrogens is 274 g/mol. The molecule has 1 aliphatic rings. The fourth-order valence-electron chi connectivity index (χ4n) is 2.60. The molecule has 2 aromatic rings. The molecule has 1 aliphatic heterocycles. The third-order valence-corrected chi connectivity index (χ3v) is 4.04. The van der Waals surface area contributed by atoms with Gasteiger partial charge in [0.05, 0.1) is 6.04 Å². The summed E-state index contributed by atoms with van der Waals surface area (Å²) < 4.78 is 5.82. The molecule has 3 rings (SSSR count). The van der Waals surface area contributed by atoms with Gasteiger partial charge in [0.15, 0.2) is 0 Å². The molecule has 106 valence electrons. The number of hydrogen-bond acceptors (Lipinski definition) is 4. The number of likely N-dealkylation sites (tertiary alicyclic amines) is 1. The SMILES string of the molecule is C[C@@H](c1nnc(-c2cccc(Cl)c2)o1)N1CCCCC1. The molecule has 1 aromatic heterocycles. The Bertz CT molecular complexity index is 578. The molecule has 0 saturated carbocycles. The lowest BCUT2D eigenvalue weighted by Gasteiger charge is -2.30. The molecule has 0 amide bonds. The van der Waals surface area contributed by atoms with Crippen molar-refractivity contribution in [2.75, 3.05) is 13.1 Å². The Morgan fingerprint density at radius 1 is 1.20 bits per heavy atom. The van der Waals surface area contributed by atoms with Crippen LogP contribution in [-0.2, 0) is 0 Å². The third kappa shape index (κ3) is 2.86. The van der Waals surface area contributed by atoms with Gasteiger partial charge in [-0.15, -0.1) is 10.2 Å². The Morgan fingerprint density at radius 2 is 2.00 bits per heavy atom. The smallest absolute Gasteiger partial charge is 0.247 e. The molecule has 2 heterocycles. The van der Waals surface area contributed by atoms with Crippen molar-refractivity contribution in [2.45, 2.75) is 32.2 Å². The van der Waals surface area contributed by atoms with E-state index >= 15 is 0 Å². The molecule has 1 aromatic carbocycles. The standard InChI is InChI=1S/C15H18ClN3O/c1-11(19-8-3-2-4-9-19)14-17-18-15(20-14)12-6-5-7-13(16)10-12/h5-7,10-11H,2-4,8-9H2,1H3/t11-/m0/s1. The number of halogens is 1. The van der Waals surface area contributed by atoms with E-state index in [9.17, 15) is 0 Å². The summed E-state index contributed by atoms with van der Waals surface area (Å²) in [5.41, 5.74) is 0.863. The van der Waals surface area contributed by atoms with Crippen molar-refractivity contribution < 1.29 is 4.42 Å². The summed E-state index contributed by atoms with van der Waals surface area (Å²) in [6, 6.07) is 7.66. The van der Waals surface area contributed by atoms with Gasteiger partial charge >= 0.3 is 0 Å². The number of piperidine rings is 1. The summed E-state index contributed by atoms with van der Waals surface area (Å²) in [6.45, 7) is 4.34. The van der Waals surface area contributed by atoms with Crippen LogP contribution in [0.1, 0.15) is 38.1 Å². The van der Waals surface area contributed by atoms with Gasteiger partial charge < -0.3 is 4.42 Å². The van der Waals surface area contributed by atoms with E-state index in [1.54, 1.807) is 0 Å². The lowest BCUT2D eigenvalue weighted by Crippen LogP contribution is -2.32. The zero-order chi connectivity index (χ0) is 13.9. The van der Waals surface area contributed by atoms with E-state index in [-0.39, 0.29) is 6.04 Å². The first kappa shape index (κ1) is 13.6. The minimum Gasteiger partial charge on any atom is -0.419 e. The highest BCUT2D eigenvalue weighted by Gasteiger charge is 2.23. The average Bonchev–Trinajstić information content (AvgIpc) is 2.97. The number of hydrogen-bond donors (Lipinski definition) is 0. The van der Waals surface area contributed by atoms with Crippen molar-refractivity contribution in [2.24, 2.45) is 0 Å². The summed E-state index contributed by atoms with van der Waals surface area (Å²) >= 11 is 5.99. The van der Waals surface area contributed by atoms with Crippen LogP contribution >= 0.6 is 11.6 Å². The van der Waals surface area contributed by atoms with E-state index in [0.717, 1.165) is 18.7 Å². The highest BCUT2D eigenvalue weighted by atomic mass is 35.5. The molecule has 0 radical (unpaired) electrons. The molecular formula is C15H18ClN3O. The largest absolute Gasteiger partial charge is 0.419 e. The Morgan fingerprint density at radius 3 is 2.75 bits per heavy atom. The van der Waals surface area contributed by atoms with E-state index in [4.69, 9.17) is 16.0 Å². The first-order valence-corrected chi connectivity index (χ1v) is 7.45. The van der Waals surface area contributed by atoms with E-state index in [1.807, 2.05) is 24.3 Å². The molecule has 0 bridgehead atoms. The fourth-order valence-corrected chi connectivity index (χ4v) is 2.79. The van der Waals surface area contributed by atoms with Crippen molar-refractivity contribution in [3.05, 3.63) is 35.2 Å². The molecule has 1 fully saturated rings. The summed E-state index contributed by atoms with van der Waals surface area (Å²) in [5.74, 6) is 1.22.